The zero-order valence-electron chi connectivity index (χ0n) is 17.8. The number of likely N-dealkylation sites (N-methyl/N-ethyl adjacent to an activating group) is 1. The number of fused-ring (bicyclic) bond motifs is 1. The summed E-state index contributed by atoms with van der Waals surface area (Å²) < 4.78 is 0. The molecule has 6 nitrogen and oxygen atoms in total. The Morgan fingerprint density at radius 1 is 1.23 bits per heavy atom. The quantitative estimate of drug-likeness (QED) is 0.527. The highest BCUT2D eigenvalue weighted by molar-refractivity contribution is 6.34. The van der Waals surface area contributed by atoms with Gasteiger partial charge >= 0.3 is 0 Å². The van der Waals surface area contributed by atoms with Crippen molar-refractivity contribution in [3.8, 4) is 0 Å². The molecule has 1 aromatic rings. The molecule has 0 aromatic heterocycles. The van der Waals surface area contributed by atoms with Gasteiger partial charge < -0.3 is 10.6 Å². The van der Waals surface area contributed by atoms with Crippen molar-refractivity contribution >= 4 is 40.7 Å². The minimum Gasteiger partial charge on any atom is -0.344 e. The average Bonchev–Trinajstić information content (AvgIpc) is 3.36. The molecular formula is C23H26Cl2N4O2. The Labute approximate surface area is 192 Å². The molecule has 0 saturated heterocycles. The molecule has 4 rings (SSSR count). The monoisotopic (exact) mass is 460 g/mol. The molecule has 2 heterocycles. The van der Waals surface area contributed by atoms with Gasteiger partial charge in [0.15, 0.2) is 5.78 Å². The summed E-state index contributed by atoms with van der Waals surface area (Å²) in [4.78, 5) is 30.7. The van der Waals surface area contributed by atoms with Crippen LogP contribution < -0.4 is 10.6 Å². The molecule has 31 heavy (non-hydrogen) atoms. The molecule has 1 amide bonds. The number of amides is 1. The highest BCUT2D eigenvalue weighted by Gasteiger charge is 2.28. The summed E-state index contributed by atoms with van der Waals surface area (Å²) >= 11 is 12.1. The first kappa shape index (κ1) is 23.3. The highest BCUT2D eigenvalue weighted by Crippen LogP contribution is 2.26. The molecule has 0 radical (unpaired) electrons. The Kier molecular flexibility index (Phi) is 7.70. The molecule has 0 saturated carbocycles. The molecule has 2 N–H and O–H groups in total. The second-order valence-electron chi connectivity index (χ2n) is 7.73. The summed E-state index contributed by atoms with van der Waals surface area (Å²) in [6.45, 7) is 5.56. The van der Waals surface area contributed by atoms with E-state index in [1.165, 1.54) is 13.0 Å². The van der Waals surface area contributed by atoms with Crippen molar-refractivity contribution in [1.29, 1.82) is 0 Å². The number of nitrogens with zero attached hydrogens (tertiary/aromatic N) is 2. The number of ketones is 1. The van der Waals surface area contributed by atoms with E-state index in [4.69, 9.17) is 23.2 Å². The van der Waals surface area contributed by atoms with Gasteiger partial charge in [0.1, 0.15) is 5.84 Å². The highest BCUT2D eigenvalue weighted by atomic mass is 35.5. The fourth-order valence-corrected chi connectivity index (χ4v) is 3.86. The van der Waals surface area contributed by atoms with Crippen molar-refractivity contribution in [2.45, 2.75) is 32.4 Å². The van der Waals surface area contributed by atoms with Crippen LogP contribution in [0.2, 0.25) is 5.02 Å². The van der Waals surface area contributed by atoms with E-state index in [1.807, 2.05) is 19.1 Å². The van der Waals surface area contributed by atoms with Crippen molar-refractivity contribution in [2.24, 2.45) is 4.99 Å². The summed E-state index contributed by atoms with van der Waals surface area (Å²) in [5, 5.41) is 7.14. The van der Waals surface area contributed by atoms with Crippen LogP contribution in [0.3, 0.4) is 0 Å². The topological polar surface area (TPSA) is 73.8 Å². The first-order valence-electron chi connectivity index (χ1n) is 10.1. The van der Waals surface area contributed by atoms with Crippen LogP contribution in [-0.2, 0) is 0 Å². The molecule has 0 spiro atoms. The number of carbonyl (C=O) groups is 2. The number of benzene rings is 1. The summed E-state index contributed by atoms with van der Waals surface area (Å²) in [6, 6.07) is 4.32. The van der Waals surface area contributed by atoms with Crippen molar-refractivity contribution in [3.05, 3.63) is 69.4 Å². The second-order valence-corrected chi connectivity index (χ2v) is 8.63. The van der Waals surface area contributed by atoms with E-state index < -0.39 is 0 Å². The van der Waals surface area contributed by atoms with Gasteiger partial charge in [-0.15, -0.1) is 0 Å². The molecular weight excluding hydrogens is 435 g/mol. The third kappa shape index (κ3) is 6.06. The maximum Gasteiger partial charge on any atom is 0.251 e. The molecule has 2 atom stereocenters. The van der Waals surface area contributed by atoms with E-state index in [1.54, 1.807) is 12.1 Å². The van der Waals surface area contributed by atoms with Gasteiger partial charge in [0.05, 0.1) is 17.1 Å². The standard InChI is InChI=1S/C18H17Cl2N3O2.C5H9N/c1-9(17-22-15-6-4-12(19)8-16(15)23-17)21-18(25)11-3-5-13(10(2)24)14(20)7-11;1-6-4-2-3-5-6/h3-7,9,16H,8H2,1-2H3,(H,21,25)(H,22,23);2-3H,4-5H2,1H3/t9-,16?;/m0./s1. The molecule has 3 aliphatic rings. The SMILES string of the molecule is CC(=O)c1ccc(C(=O)N[C@@H](C)C2=NC3CC(Cl)=CC=C3N2)cc1Cl.CN1CC=CC1. The lowest BCUT2D eigenvalue weighted by Gasteiger charge is -2.15. The van der Waals surface area contributed by atoms with Gasteiger partial charge in [0.2, 0.25) is 0 Å². The third-order valence-electron chi connectivity index (χ3n) is 5.13. The molecule has 1 unspecified atom stereocenters. The van der Waals surface area contributed by atoms with E-state index in [9.17, 15) is 9.59 Å². The second kappa shape index (κ2) is 10.3. The number of halogens is 2. The predicted molar refractivity (Wildman–Crippen MR) is 126 cm³/mol. The van der Waals surface area contributed by atoms with E-state index >= 15 is 0 Å². The molecule has 2 aliphatic heterocycles. The molecule has 0 fully saturated rings. The van der Waals surface area contributed by atoms with Crippen LogP contribution in [0.5, 0.6) is 0 Å². The number of amidine groups is 1. The molecule has 8 heteroatoms. The summed E-state index contributed by atoms with van der Waals surface area (Å²) in [5.41, 5.74) is 1.77. The lowest BCUT2D eigenvalue weighted by molar-refractivity contribution is 0.0946. The lowest BCUT2D eigenvalue weighted by Crippen LogP contribution is -2.42. The van der Waals surface area contributed by atoms with Crippen LogP contribution in [0.4, 0.5) is 0 Å². The Balaban J connectivity index is 0.000000391. The number of rotatable bonds is 4. The largest absolute Gasteiger partial charge is 0.344 e. The van der Waals surface area contributed by atoms with Crippen molar-refractivity contribution in [3.63, 3.8) is 0 Å². The Bertz CT molecular complexity index is 989. The van der Waals surface area contributed by atoms with Gasteiger partial charge in [-0.2, -0.15) is 0 Å². The van der Waals surface area contributed by atoms with E-state index in [-0.39, 0.29) is 28.8 Å². The van der Waals surface area contributed by atoms with Gasteiger partial charge in [0, 0.05) is 41.4 Å². The Morgan fingerprint density at radius 2 is 1.94 bits per heavy atom. The Hall–Kier alpha value is -2.41. The first-order valence-corrected chi connectivity index (χ1v) is 10.9. The number of Topliss-reactive ketones (excluding diaryl/α,β-unsaturated/α-hetero) is 1. The summed E-state index contributed by atoms with van der Waals surface area (Å²) in [7, 11) is 2.11. The van der Waals surface area contributed by atoms with Crippen molar-refractivity contribution < 1.29 is 9.59 Å². The van der Waals surface area contributed by atoms with E-state index in [0.29, 0.717) is 23.4 Å². The van der Waals surface area contributed by atoms with Crippen LogP contribution in [0.15, 0.2) is 58.2 Å². The van der Waals surface area contributed by atoms with E-state index in [2.05, 4.69) is 39.7 Å². The normalized spacial score (nSPS) is 20.4. The summed E-state index contributed by atoms with van der Waals surface area (Å²) in [6.07, 6.45) is 8.77. The Morgan fingerprint density at radius 3 is 2.52 bits per heavy atom. The number of nitrogens with one attached hydrogen (secondary N) is 2. The van der Waals surface area contributed by atoms with Crippen LogP contribution in [0.1, 0.15) is 41.0 Å². The van der Waals surface area contributed by atoms with Gasteiger partial charge in [-0.1, -0.05) is 35.4 Å². The number of aliphatic imine (C=N–C) groups is 1. The zero-order valence-corrected chi connectivity index (χ0v) is 19.3. The zero-order chi connectivity index (χ0) is 22.5. The van der Waals surface area contributed by atoms with Crippen LogP contribution in [0.25, 0.3) is 0 Å². The number of allylic oxidation sites excluding steroid dienone is 2. The molecule has 1 aromatic carbocycles. The van der Waals surface area contributed by atoms with Crippen LogP contribution >= 0.6 is 23.2 Å². The van der Waals surface area contributed by atoms with Crippen molar-refractivity contribution in [1.82, 2.24) is 15.5 Å². The minimum atomic E-state index is -0.302. The first-order chi connectivity index (χ1) is 14.7. The van der Waals surface area contributed by atoms with Gasteiger partial charge in [-0.25, -0.2) is 0 Å². The maximum absolute atomic E-state index is 12.4. The molecule has 0 bridgehead atoms. The van der Waals surface area contributed by atoms with Crippen molar-refractivity contribution in [2.75, 3.05) is 20.1 Å². The fourth-order valence-electron chi connectivity index (χ4n) is 3.34. The maximum atomic E-state index is 12.4. The average molecular weight is 461 g/mol. The van der Waals surface area contributed by atoms with Crippen LogP contribution in [0, 0.1) is 0 Å². The van der Waals surface area contributed by atoms with Gasteiger partial charge in [-0.3, -0.25) is 19.5 Å². The minimum absolute atomic E-state index is 0.0175. The molecule has 1 aliphatic carbocycles. The summed E-state index contributed by atoms with van der Waals surface area (Å²) in [5.74, 6) is 0.266. The van der Waals surface area contributed by atoms with Gasteiger partial charge in [-0.05, 0) is 51.2 Å². The lowest BCUT2D eigenvalue weighted by atomic mass is 10.1. The molecule has 164 valence electrons. The van der Waals surface area contributed by atoms with Gasteiger partial charge in [0.25, 0.3) is 5.91 Å². The predicted octanol–water partition coefficient (Wildman–Crippen LogP) is 3.93. The third-order valence-corrected chi connectivity index (χ3v) is 5.72. The number of carbonyl (C=O) groups excluding carboxylic acids is 2. The van der Waals surface area contributed by atoms with Crippen LogP contribution in [-0.4, -0.2) is 54.6 Å². The van der Waals surface area contributed by atoms with E-state index in [0.717, 1.165) is 23.8 Å². The fraction of sp³-hybridized carbons (Fsp3) is 0.348. The number of hydrogen-bond acceptors (Lipinski definition) is 5. The number of hydrogen-bond donors (Lipinski definition) is 2. The smallest absolute Gasteiger partial charge is 0.251 e.